The molecule has 5 N–H and O–H groups in total. The molecule has 1 saturated carbocycles. The molecular formula is C32H47N7O2. The highest BCUT2D eigenvalue weighted by Crippen LogP contribution is 2.34. The fraction of sp³-hybridized carbons (Fsp3) is 0.500. The Kier molecular flexibility index (Phi) is 10.5. The van der Waals surface area contributed by atoms with Crippen LogP contribution in [0.4, 0.5) is 5.69 Å². The number of carbonyl (C=O) groups excluding carboxylic acids is 1. The van der Waals surface area contributed by atoms with Gasteiger partial charge in [0, 0.05) is 55.6 Å². The summed E-state index contributed by atoms with van der Waals surface area (Å²) in [7, 11) is 3.58. The normalized spacial score (nSPS) is 24.2. The predicted octanol–water partition coefficient (Wildman–Crippen LogP) is 4.54. The second-order valence-corrected chi connectivity index (χ2v) is 11.2. The molecule has 1 amide bonds. The molecule has 3 fully saturated rings. The van der Waals surface area contributed by atoms with Gasteiger partial charge in [-0.1, -0.05) is 38.5 Å². The number of piperidine rings is 1. The molecule has 1 aromatic rings. The van der Waals surface area contributed by atoms with Gasteiger partial charge in [-0.2, -0.15) is 0 Å². The van der Waals surface area contributed by atoms with Gasteiger partial charge in [-0.25, -0.2) is 4.99 Å². The molecular weight excluding hydrogens is 514 g/mol. The lowest BCUT2D eigenvalue weighted by molar-refractivity contribution is 0.0930. The fourth-order valence-electron chi connectivity index (χ4n) is 6.08. The van der Waals surface area contributed by atoms with Gasteiger partial charge in [-0.05, 0) is 56.8 Å². The Morgan fingerprint density at radius 2 is 2.02 bits per heavy atom. The third kappa shape index (κ3) is 7.33. The van der Waals surface area contributed by atoms with E-state index in [1.807, 2.05) is 24.1 Å². The van der Waals surface area contributed by atoms with Crippen LogP contribution in [0.2, 0.25) is 0 Å². The minimum absolute atomic E-state index is 0.112. The summed E-state index contributed by atoms with van der Waals surface area (Å²) in [6.07, 6.45) is 12.3. The number of rotatable bonds is 9. The van der Waals surface area contributed by atoms with Crippen molar-refractivity contribution in [3.8, 4) is 5.75 Å². The highest BCUT2D eigenvalue weighted by molar-refractivity contribution is 5.99. The molecule has 9 heteroatoms. The Labute approximate surface area is 245 Å². The molecule has 222 valence electrons. The number of carbonyl (C=O) groups is 1. The number of anilines is 1. The summed E-state index contributed by atoms with van der Waals surface area (Å²) in [5.41, 5.74) is 9.24. The Balaban J connectivity index is 1.59. The number of benzene rings is 1. The SMILES string of the molecule is C=CCC1CN(C2CCCCC2)C(=N/C(=C)Nc2ccc(C(=O)N[C@@H]3CCCNC3)cc2OC)/C(=C\N)N(C)C1=C. The highest BCUT2D eigenvalue weighted by Gasteiger charge is 2.35. The summed E-state index contributed by atoms with van der Waals surface area (Å²) >= 11 is 0. The molecule has 0 aromatic heterocycles. The molecule has 1 aromatic carbocycles. The molecule has 1 aliphatic carbocycles. The van der Waals surface area contributed by atoms with Gasteiger partial charge in [0.25, 0.3) is 5.91 Å². The third-order valence-corrected chi connectivity index (χ3v) is 8.42. The molecule has 2 aliphatic heterocycles. The molecule has 1 unspecified atom stereocenters. The number of amidine groups is 1. The van der Waals surface area contributed by atoms with Crippen molar-refractivity contribution in [2.75, 3.05) is 39.1 Å². The first-order valence-corrected chi connectivity index (χ1v) is 14.8. The van der Waals surface area contributed by atoms with Crippen molar-refractivity contribution in [1.29, 1.82) is 0 Å². The summed E-state index contributed by atoms with van der Waals surface area (Å²) in [5.74, 6) is 1.86. The molecule has 2 saturated heterocycles. The van der Waals surface area contributed by atoms with Crippen LogP contribution < -0.4 is 26.4 Å². The molecule has 0 bridgehead atoms. The zero-order chi connectivity index (χ0) is 29.4. The van der Waals surface area contributed by atoms with E-state index in [9.17, 15) is 4.79 Å². The van der Waals surface area contributed by atoms with Crippen LogP contribution in [0, 0.1) is 5.92 Å². The van der Waals surface area contributed by atoms with Crippen molar-refractivity contribution >= 4 is 17.4 Å². The molecule has 9 nitrogen and oxygen atoms in total. The first kappa shape index (κ1) is 30.2. The van der Waals surface area contributed by atoms with E-state index in [4.69, 9.17) is 15.5 Å². The minimum Gasteiger partial charge on any atom is -0.495 e. The maximum absolute atomic E-state index is 12.9. The number of hydrogen-bond acceptors (Lipinski definition) is 7. The van der Waals surface area contributed by atoms with E-state index < -0.39 is 0 Å². The van der Waals surface area contributed by atoms with E-state index in [-0.39, 0.29) is 17.9 Å². The van der Waals surface area contributed by atoms with E-state index in [0.717, 1.165) is 69.0 Å². The van der Waals surface area contributed by atoms with Crippen molar-refractivity contribution in [3.05, 3.63) is 73.0 Å². The fourth-order valence-corrected chi connectivity index (χ4v) is 6.08. The van der Waals surface area contributed by atoms with Gasteiger partial charge in [-0.3, -0.25) is 4.79 Å². The van der Waals surface area contributed by atoms with E-state index in [1.165, 1.54) is 19.3 Å². The van der Waals surface area contributed by atoms with Gasteiger partial charge in [-0.15, -0.1) is 6.58 Å². The van der Waals surface area contributed by atoms with Gasteiger partial charge in [0.05, 0.1) is 18.5 Å². The first-order valence-electron chi connectivity index (χ1n) is 14.8. The lowest BCUT2D eigenvalue weighted by Crippen LogP contribution is -2.45. The van der Waals surface area contributed by atoms with Crippen LogP contribution in [0.5, 0.6) is 5.75 Å². The standard InChI is InChI=1S/C32H47N7O2/c1-6-11-25-21-39(27-13-8-7-9-14-27)31(29(19-33)38(4)22(25)2)36-23(3)35-28-16-15-24(18-30(28)41-5)32(40)37-26-12-10-17-34-20-26/h6,15-16,18-19,25-27,34-35H,1-3,7-14,17,20-21,33H2,4-5H3,(H,37,40)/b29-19+,36-31+/t25?,26-/m1/s1. The Morgan fingerprint density at radius 3 is 2.68 bits per heavy atom. The number of nitrogens with zero attached hydrogens (tertiary/aromatic N) is 3. The van der Waals surface area contributed by atoms with Crippen molar-refractivity contribution in [2.24, 2.45) is 16.6 Å². The summed E-state index contributed by atoms with van der Waals surface area (Å²) in [6, 6.07) is 5.87. The molecule has 41 heavy (non-hydrogen) atoms. The van der Waals surface area contributed by atoms with E-state index in [2.05, 4.69) is 40.6 Å². The monoisotopic (exact) mass is 561 g/mol. The number of nitrogens with two attached hydrogens (primary N) is 1. The second-order valence-electron chi connectivity index (χ2n) is 11.2. The van der Waals surface area contributed by atoms with Gasteiger partial charge >= 0.3 is 0 Å². The molecule has 4 rings (SSSR count). The van der Waals surface area contributed by atoms with Crippen LogP contribution in [0.1, 0.15) is 61.7 Å². The van der Waals surface area contributed by atoms with Crippen LogP contribution in [0.15, 0.2) is 72.4 Å². The van der Waals surface area contributed by atoms with Gasteiger partial charge in [0.15, 0.2) is 5.84 Å². The topological polar surface area (TPSA) is 107 Å². The summed E-state index contributed by atoms with van der Waals surface area (Å²) in [6.45, 7) is 15.2. The van der Waals surface area contributed by atoms with Crippen molar-refractivity contribution < 1.29 is 9.53 Å². The number of methoxy groups -OCH3 is 1. The lowest BCUT2D eigenvalue weighted by atomic mass is 9.92. The highest BCUT2D eigenvalue weighted by atomic mass is 16.5. The zero-order valence-corrected chi connectivity index (χ0v) is 24.8. The summed E-state index contributed by atoms with van der Waals surface area (Å²) in [5, 5.41) is 9.75. The van der Waals surface area contributed by atoms with E-state index in [0.29, 0.717) is 28.9 Å². The second kappa shape index (κ2) is 14.3. The average Bonchev–Trinajstić information content (AvgIpc) is 3.08. The number of aliphatic imine (C=N–C) groups is 1. The Morgan fingerprint density at radius 1 is 1.24 bits per heavy atom. The summed E-state index contributed by atoms with van der Waals surface area (Å²) < 4.78 is 5.65. The third-order valence-electron chi connectivity index (χ3n) is 8.42. The number of nitrogens with one attached hydrogen (secondary N) is 3. The lowest BCUT2D eigenvalue weighted by Gasteiger charge is -2.37. The minimum atomic E-state index is -0.112. The number of likely N-dealkylation sites (N-methyl/N-ethyl adjacent to an activating group) is 1. The molecule has 0 radical (unpaired) electrons. The Hall–Kier alpha value is -3.72. The van der Waals surface area contributed by atoms with Crippen LogP contribution in [-0.2, 0) is 0 Å². The number of hydrogen-bond donors (Lipinski definition) is 4. The van der Waals surface area contributed by atoms with Crippen molar-refractivity contribution in [1.82, 2.24) is 20.4 Å². The van der Waals surface area contributed by atoms with Crippen molar-refractivity contribution in [2.45, 2.75) is 63.5 Å². The van der Waals surface area contributed by atoms with Crippen molar-refractivity contribution in [3.63, 3.8) is 0 Å². The van der Waals surface area contributed by atoms with Gasteiger partial charge < -0.3 is 36.2 Å². The number of amides is 1. The van der Waals surface area contributed by atoms with Gasteiger partial charge in [0.2, 0.25) is 0 Å². The van der Waals surface area contributed by atoms with E-state index in [1.54, 1.807) is 25.4 Å². The first-order chi connectivity index (χ1) is 19.9. The van der Waals surface area contributed by atoms with Crippen LogP contribution >= 0.6 is 0 Å². The largest absolute Gasteiger partial charge is 0.495 e. The Bertz CT molecular complexity index is 1180. The quantitative estimate of drug-likeness (QED) is 0.328. The molecule has 2 atom stereocenters. The number of ether oxygens (including phenoxy) is 1. The van der Waals surface area contributed by atoms with Gasteiger partial charge in [0.1, 0.15) is 11.6 Å². The summed E-state index contributed by atoms with van der Waals surface area (Å²) in [4.78, 5) is 22.4. The van der Waals surface area contributed by atoms with E-state index >= 15 is 0 Å². The molecule has 0 spiro atoms. The van der Waals surface area contributed by atoms with Crippen LogP contribution in [0.3, 0.4) is 0 Å². The molecule has 2 heterocycles. The van der Waals surface area contributed by atoms with Crippen LogP contribution in [-0.4, -0.2) is 67.4 Å². The average molecular weight is 562 g/mol. The maximum atomic E-state index is 12.9. The molecule has 3 aliphatic rings. The maximum Gasteiger partial charge on any atom is 0.251 e. The predicted molar refractivity (Wildman–Crippen MR) is 168 cm³/mol. The zero-order valence-electron chi connectivity index (χ0n) is 24.8. The van der Waals surface area contributed by atoms with Crippen LogP contribution in [0.25, 0.3) is 0 Å². The smallest absolute Gasteiger partial charge is 0.251 e. The number of allylic oxidation sites excluding steroid dienone is 1.